The van der Waals surface area contributed by atoms with Gasteiger partial charge in [0.1, 0.15) is 13.2 Å². The Morgan fingerprint density at radius 2 is 0.603 bits per heavy atom. The number of hydrogen-bond donors (Lipinski definition) is 0. The summed E-state index contributed by atoms with van der Waals surface area (Å²) in [6.07, 6.45) is 52.8. The molecule has 63 heavy (non-hydrogen) atoms. The number of hydrogen-bond acceptors (Lipinski definition) is 6. The summed E-state index contributed by atoms with van der Waals surface area (Å²) < 4.78 is 16.7. The van der Waals surface area contributed by atoms with Crippen LogP contribution in [-0.4, -0.2) is 37.2 Å². The van der Waals surface area contributed by atoms with Crippen molar-refractivity contribution < 1.29 is 28.6 Å². The predicted molar refractivity (Wildman–Crippen MR) is 270 cm³/mol. The molecule has 0 fully saturated rings. The van der Waals surface area contributed by atoms with Crippen molar-refractivity contribution in [1.82, 2.24) is 0 Å². The molecular weight excluding hydrogens is 781 g/mol. The Balaban J connectivity index is 3.99. The number of esters is 3. The molecular formula is C57H110O6. The summed E-state index contributed by atoms with van der Waals surface area (Å²) in [6, 6.07) is 0. The third-order valence-electron chi connectivity index (χ3n) is 13.3. The molecule has 0 saturated heterocycles. The topological polar surface area (TPSA) is 78.9 Å². The van der Waals surface area contributed by atoms with Gasteiger partial charge < -0.3 is 14.2 Å². The van der Waals surface area contributed by atoms with Crippen LogP contribution in [0.2, 0.25) is 0 Å². The quantitative estimate of drug-likeness (QED) is 0.0344. The smallest absolute Gasteiger partial charge is 0.306 e. The van der Waals surface area contributed by atoms with Crippen LogP contribution in [0.4, 0.5) is 0 Å². The predicted octanol–water partition coefficient (Wildman–Crippen LogP) is 18.5. The molecule has 6 heteroatoms. The van der Waals surface area contributed by atoms with Gasteiger partial charge in [0.15, 0.2) is 6.10 Å². The number of rotatable bonds is 51. The summed E-state index contributed by atoms with van der Waals surface area (Å²) in [5.74, 6) is 0.902. The number of carbonyl (C=O) groups is 3. The van der Waals surface area contributed by atoms with E-state index in [1.54, 1.807) is 0 Å². The second-order valence-corrected chi connectivity index (χ2v) is 20.3. The lowest BCUT2D eigenvalue weighted by Crippen LogP contribution is -2.30. The minimum atomic E-state index is -0.760. The molecule has 0 spiro atoms. The Hall–Kier alpha value is -1.59. The molecule has 0 amide bonds. The van der Waals surface area contributed by atoms with Crippen LogP contribution in [0, 0.1) is 11.8 Å². The van der Waals surface area contributed by atoms with Crippen LogP contribution in [0.3, 0.4) is 0 Å². The first kappa shape index (κ1) is 61.4. The van der Waals surface area contributed by atoms with E-state index in [2.05, 4.69) is 34.6 Å². The largest absolute Gasteiger partial charge is 0.462 e. The van der Waals surface area contributed by atoms with E-state index in [9.17, 15) is 14.4 Å². The molecule has 0 aromatic heterocycles. The Morgan fingerprint density at radius 3 is 0.905 bits per heavy atom. The molecule has 0 aliphatic carbocycles. The van der Waals surface area contributed by atoms with Crippen molar-refractivity contribution >= 4 is 17.9 Å². The van der Waals surface area contributed by atoms with Gasteiger partial charge in [-0.25, -0.2) is 0 Å². The van der Waals surface area contributed by atoms with Gasteiger partial charge in [0, 0.05) is 19.3 Å². The molecule has 0 bridgehead atoms. The van der Waals surface area contributed by atoms with Gasteiger partial charge in [0.05, 0.1) is 0 Å². The van der Waals surface area contributed by atoms with Gasteiger partial charge in [-0.3, -0.25) is 14.4 Å². The molecule has 0 heterocycles. The number of unbranched alkanes of at least 4 members (excludes halogenated alkanes) is 35. The second-order valence-electron chi connectivity index (χ2n) is 20.3. The SMILES string of the molecule is CCCCCCCC(=O)O[C@H](COC(=O)CCCCCCCCCCCCCCCCCCCCC(C)CC)COC(=O)CCCCCCCCCCCCCCCCCC(C)C. The second kappa shape index (κ2) is 49.8. The Morgan fingerprint density at radius 1 is 0.333 bits per heavy atom. The molecule has 0 rings (SSSR count). The molecule has 1 unspecified atom stereocenters. The van der Waals surface area contributed by atoms with E-state index >= 15 is 0 Å². The lowest BCUT2D eigenvalue weighted by atomic mass is 9.99. The first-order valence-electron chi connectivity index (χ1n) is 28.3. The van der Waals surface area contributed by atoms with E-state index in [1.165, 1.54) is 199 Å². The number of ether oxygens (including phenoxy) is 3. The minimum Gasteiger partial charge on any atom is -0.462 e. The molecule has 6 nitrogen and oxygen atoms in total. The van der Waals surface area contributed by atoms with Crippen molar-refractivity contribution in [3.8, 4) is 0 Å². The fourth-order valence-corrected chi connectivity index (χ4v) is 8.66. The van der Waals surface area contributed by atoms with Crippen molar-refractivity contribution in [2.24, 2.45) is 11.8 Å². The van der Waals surface area contributed by atoms with Crippen molar-refractivity contribution in [2.75, 3.05) is 13.2 Å². The van der Waals surface area contributed by atoms with E-state index in [0.717, 1.165) is 76.0 Å². The maximum atomic E-state index is 12.6. The molecule has 0 aromatic rings. The number of carbonyl (C=O) groups excluding carboxylic acids is 3. The van der Waals surface area contributed by atoms with E-state index < -0.39 is 6.10 Å². The van der Waals surface area contributed by atoms with E-state index in [-0.39, 0.29) is 31.1 Å². The molecule has 0 aliphatic rings. The van der Waals surface area contributed by atoms with Gasteiger partial charge >= 0.3 is 17.9 Å². The maximum Gasteiger partial charge on any atom is 0.306 e. The minimum absolute atomic E-state index is 0.0645. The monoisotopic (exact) mass is 891 g/mol. The maximum absolute atomic E-state index is 12.6. The first-order chi connectivity index (χ1) is 30.8. The van der Waals surface area contributed by atoms with Crippen LogP contribution in [0.5, 0.6) is 0 Å². The van der Waals surface area contributed by atoms with Crippen molar-refractivity contribution in [3.05, 3.63) is 0 Å². The zero-order valence-electron chi connectivity index (χ0n) is 43.2. The Kier molecular flexibility index (Phi) is 48.6. The average molecular weight is 892 g/mol. The molecule has 0 aromatic carbocycles. The summed E-state index contributed by atoms with van der Waals surface area (Å²) in [5.41, 5.74) is 0. The van der Waals surface area contributed by atoms with Crippen LogP contribution < -0.4 is 0 Å². The summed E-state index contributed by atoms with van der Waals surface area (Å²) in [6.45, 7) is 11.4. The van der Waals surface area contributed by atoms with E-state index in [1.807, 2.05) is 0 Å². The Labute approximate surface area is 393 Å². The fourth-order valence-electron chi connectivity index (χ4n) is 8.66. The zero-order chi connectivity index (χ0) is 46.1. The third kappa shape index (κ3) is 49.7. The standard InChI is InChI=1S/C57H110O6/c1-6-8-9-35-44-49-57(60)63-54(51-62-56(59)48-43-39-34-30-26-22-18-14-15-19-23-27-31-36-40-45-52(3)4)50-61-55(58)47-42-38-33-29-25-21-17-13-11-10-12-16-20-24-28-32-37-41-46-53(5)7-2/h52-54H,6-51H2,1-5H3/t53?,54-/m1/s1. The summed E-state index contributed by atoms with van der Waals surface area (Å²) in [4.78, 5) is 37.7. The highest BCUT2D eigenvalue weighted by Gasteiger charge is 2.19. The van der Waals surface area contributed by atoms with Gasteiger partial charge in [0.2, 0.25) is 0 Å². The summed E-state index contributed by atoms with van der Waals surface area (Å²) in [7, 11) is 0. The molecule has 0 aliphatic heterocycles. The summed E-state index contributed by atoms with van der Waals surface area (Å²) in [5, 5.41) is 0. The van der Waals surface area contributed by atoms with Crippen LogP contribution in [0.25, 0.3) is 0 Å². The van der Waals surface area contributed by atoms with Gasteiger partial charge in [-0.2, -0.15) is 0 Å². The summed E-state index contributed by atoms with van der Waals surface area (Å²) >= 11 is 0. The average Bonchev–Trinajstić information content (AvgIpc) is 3.27. The highest BCUT2D eigenvalue weighted by molar-refractivity contribution is 5.71. The van der Waals surface area contributed by atoms with Crippen molar-refractivity contribution in [3.63, 3.8) is 0 Å². The van der Waals surface area contributed by atoms with Crippen LogP contribution >= 0.6 is 0 Å². The molecule has 0 radical (unpaired) electrons. The van der Waals surface area contributed by atoms with Gasteiger partial charge in [0.25, 0.3) is 0 Å². The highest BCUT2D eigenvalue weighted by Crippen LogP contribution is 2.18. The lowest BCUT2D eigenvalue weighted by molar-refractivity contribution is -0.167. The van der Waals surface area contributed by atoms with Gasteiger partial charge in [-0.1, -0.05) is 279 Å². The van der Waals surface area contributed by atoms with E-state index in [4.69, 9.17) is 14.2 Å². The van der Waals surface area contributed by atoms with Gasteiger partial charge in [-0.15, -0.1) is 0 Å². The molecule has 0 saturated carbocycles. The first-order valence-corrected chi connectivity index (χ1v) is 28.3. The molecule has 2 atom stereocenters. The van der Waals surface area contributed by atoms with E-state index in [0.29, 0.717) is 19.3 Å². The van der Waals surface area contributed by atoms with Crippen LogP contribution in [-0.2, 0) is 28.6 Å². The zero-order valence-corrected chi connectivity index (χ0v) is 43.2. The molecule has 0 N–H and O–H groups in total. The normalized spacial score (nSPS) is 12.5. The van der Waals surface area contributed by atoms with Crippen molar-refractivity contribution in [1.29, 1.82) is 0 Å². The third-order valence-corrected chi connectivity index (χ3v) is 13.3. The van der Waals surface area contributed by atoms with Crippen LogP contribution in [0.1, 0.15) is 317 Å². The lowest BCUT2D eigenvalue weighted by Gasteiger charge is -2.18. The molecule has 374 valence electrons. The van der Waals surface area contributed by atoms with Crippen LogP contribution in [0.15, 0.2) is 0 Å². The fraction of sp³-hybridized carbons (Fsp3) is 0.947. The Bertz CT molecular complexity index is 964. The van der Waals surface area contributed by atoms with Gasteiger partial charge in [-0.05, 0) is 31.1 Å². The highest BCUT2D eigenvalue weighted by atomic mass is 16.6. The van der Waals surface area contributed by atoms with Crippen molar-refractivity contribution in [2.45, 2.75) is 323 Å².